The molecule has 0 aromatic heterocycles. The molecule has 7 heteroatoms. The van der Waals surface area contributed by atoms with Gasteiger partial charge in [0.05, 0.1) is 43.7 Å². The molecule has 0 saturated carbocycles. The van der Waals surface area contributed by atoms with Crippen molar-refractivity contribution < 1.29 is 23.2 Å². The van der Waals surface area contributed by atoms with Crippen molar-refractivity contribution in [3.05, 3.63) is 65.7 Å². The van der Waals surface area contributed by atoms with E-state index in [4.69, 9.17) is 4.74 Å². The standard InChI is InChI=1S/C23H26N2O4S/c1-17-3-8-20(9-4-17)30(27,28)25-13-11-24(12-14-25)16-22-21-15-19(29-2)7-5-18(21)6-10-23(22)26/h3-10,15,26H,11-14,16H2,1-2H3/p+1. The second kappa shape index (κ2) is 8.26. The first-order chi connectivity index (χ1) is 14.4. The number of hydrogen-bond donors (Lipinski definition) is 2. The van der Waals surface area contributed by atoms with Crippen molar-refractivity contribution in [2.75, 3.05) is 33.3 Å². The van der Waals surface area contributed by atoms with Gasteiger partial charge in [-0.3, -0.25) is 0 Å². The first-order valence-electron chi connectivity index (χ1n) is 10.1. The van der Waals surface area contributed by atoms with Crippen molar-refractivity contribution in [1.29, 1.82) is 0 Å². The smallest absolute Gasteiger partial charge is 0.243 e. The fourth-order valence-electron chi connectivity index (χ4n) is 3.99. The fraction of sp³-hybridized carbons (Fsp3) is 0.304. The van der Waals surface area contributed by atoms with E-state index in [-0.39, 0.29) is 5.75 Å². The van der Waals surface area contributed by atoms with Gasteiger partial charge in [0.1, 0.15) is 18.0 Å². The maximum Gasteiger partial charge on any atom is 0.243 e. The Bertz CT molecular complexity index is 1150. The van der Waals surface area contributed by atoms with E-state index in [1.807, 2.05) is 43.3 Å². The zero-order valence-corrected chi connectivity index (χ0v) is 18.1. The van der Waals surface area contributed by atoms with Crippen LogP contribution in [0, 0.1) is 6.92 Å². The molecule has 0 amide bonds. The molecule has 0 bridgehead atoms. The molecule has 158 valence electrons. The zero-order valence-electron chi connectivity index (χ0n) is 17.3. The van der Waals surface area contributed by atoms with Crippen molar-refractivity contribution in [2.45, 2.75) is 18.4 Å². The maximum atomic E-state index is 12.9. The van der Waals surface area contributed by atoms with Crippen LogP contribution in [0.3, 0.4) is 0 Å². The van der Waals surface area contributed by atoms with Crippen LogP contribution in [0.4, 0.5) is 0 Å². The lowest BCUT2D eigenvalue weighted by molar-refractivity contribution is -0.917. The molecule has 1 fully saturated rings. The summed E-state index contributed by atoms with van der Waals surface area (Å²) in [5, 5.41) is 12.5. The van der Waals surface area contributed by atoms with Gasteiger partial charge in [-0.15, -0.1) is 0 Å². The van der Waals surface area contributed by atoms with Crippen LogP contribution < -0.4 is 9.64 Å². The topological polar surface area (TPSA) is 71.3 Å². The van der Waals surface area contributed by atoms with E-state index in [1.54, 1.807) is 29.6 Å². The number of ether oxygens (including phenoxy) is 1. The first kappa shape index (κ1) is 20.7. The van der Waals surface area contributed by atoms with E-state index < -0.39 is 10.0 Å². The average molecular weight is 428 g/mol. The third-order valence-electron chi connectivity index (χ3n) is 5.83. The van der Waals surface area contributed by atoms with Crippen LogP contribution in [0.15, 0.2) is 59.5 Å². The lowest BCUT2D eigenvalue weighted by Crippen LogP contribution is -3.13. The molecule has 1 aliphatic rings. The minimum Gasteiger partial charge on any atom is -0.507 e. The number of phenolic OH excluding ortho intramolecular Hbond substituents is 1. The average Bonchev–Trinajstić information content (AvgIpc) is 2.76. The quantitative estimate of drug-likeness (QED) is 0.653. The second-order valence-electron chi connectivity index (χ2n) is 7.79. The Kier molecular flexibility index (Phi) is 5.69. The van der Waals surface area contributed by atoms with Crippen LogP contribution in [0.1, 0.15) is 11.1 Å². The SMILES string of the molecule is COc1ccc2ccc(O)c(C[NH+]3CCN(S(=O)(=O)c4ccc(C)cc4)CC3)c2c1. The summed E-state index contributed by atoms with van der Waals surface area (Å²) in [6.07, 6.45) is 0. The van der Waals surface area contributed by atoms with Gasteiger partial charge in [0.2, 0.25) is 10.0 Å². The molecule has 6 nitrogen and oxygen atoms in total. The molecule has 0 spiro atoms. The summed E-state index contributed by atoms with van der Waals surface area (Å²) in [4.78, 5) is 1.59. The maximum absolute atomic E-state index is 12.9. The molecule has 3 aromatic carbocycles. The van der Waals surface area contributed by atoms with E-state index in [0.717, 1.165) is 27.6 Å². The predicted molar refractivity (Wildman–Crippen MR) is 117 cm³/mol. The number of nitrogens with one attached hydrogen (secondary N) is 1. The lowest BCUT2D eigenvalue weighted by Gasteiger charge is -2.32. The minimum atomic E-state index is -3.47. The van der Waals surface area contributed by atoms with Crippen molar-refractivity contribution in [2.24, 2.45) is 0 Å². The molecule has 4 rings (SSSR count). The number of hydrogen-bond acceptors (Lipinski definition) is 4. The zero-order chi connectivity index (χ0) is 21.3. The molecule has 30 heavy (non-hydrogen) atoms. The van der Waals surface area contributed by atoms with E-state index in [0.29, 0.717) is 37.6 Å². The van der Waals surface area contributed by atoms with Crippen LogP contribution in [-0.4, -0.2) is 51.1 Å². The van der Waals surface area contributed by atoms with Gasteiger partial charge >= 0.3 is 0 Å². The Morgan fingerprint density at radius 2 is 1.70 bits per heavy atom. The van der Waals surface area contributed by atoms with Gasteiger partial charge in [0, 0.05) is 0 Å². The number of phenols is 1. The summed E-state index contributed by atoms with van der Waals surface area (Å²) in [5.41, 5.74) is 1.91. The number of quaternary nitrogens is 1. The normalized spacial score (nSPS) is 16.1. The summed E-state index contributed by atoms with van der Waals surface area (Å²) in [6, 6.07) is 16.5. The Balaban J connectivity index is 1.50. The molecule has 0 unspecified atom stereocenters. The third-order valence-corrected chi connectivity index (χ3v) is 7.74. The fourth-order valence-corrected chi connectivity index (χ4v) is 5.43. The molecule has 1 aliphatic heterocycles. The highest BCUT2D eigenvalue weighted by Gasteiger charge is 2.30. The summed E-state index contributed by atoms with van der Waals surface area (Å²) >= 11 is 0. The van der Waals surface area contributed by atoms with Gasteiger partial charge < -0.3 is 14.7 Å². The molecule has 3 aromatic rings. The predicted octanol–water partition coefficient (Wildman–Crippen LogP) is 1.95. The van der Waals surface area contributed by atoms with Gasteiger partial charge in [-0.05, 0) is 48.0 Å². The monoisotopic (exact) mass is 427 g/mol. The Morgan fingerprint density at radius 3 is 2.37 bits per heavy atom. The number of piperazine rings is 1. The summed E-state index contributed by atoms with van der Waals surface area (Å²) < 4.78 is 32.8. The highest BCUT2D eigenvalue weighted by molar-refractivity contribution is 7.89. The van der Waals surface area contributed by atoms with Crippen molar-refractivity contribution in [3.8, 4) is 11.5 Å². The van der Waals surface area contributed by atoms with Crippen LogP contribution in [0.2, 0.25) is 0 Å². The van der Waals surface area contributed by atoms with Crippen LogP contribution in [0.5, 0.6) is 11.5 Å². The van der Waals surface area contributed by atoms with Gasteiger partial charge in [-0.2, -0.15) is 4.31 Å². The number of nitrogens with zero attached hydrogens (tertiary/aromatic N) is 1. The van der Waals surface area contributed by atoms with Crippen molar-refractivity contribution >= 4 is 20.8 Å². The second-order valence-corrected chi connectivity index (χ2v) is 9.73. The highest BCUT2D eigenvalue weighted by Crippen LogP contribution is 2.29. The number of aryl methyl sites for hydroxylation is 1. The lowest BCUT2D eigenvalue weighted by atomic mass is 10.0. The highest BCUT2D eigenvalue weighted by atomic mass is 32.2. The number of methoxy groups -OCH3 is 1. The van der Waals surface area contributed by atoms with Gasteiger partial charge in [0.15, 0.2) is 0 Å². The van der Waals surface area contributed by atoms with Gasteiger partial charge in [-0.1, -0.05) is 29.8 Å². The largest absolute Gasteiger partial charge is 0.507 e. The third kappa shape index (κ3) is 4.01. The van der Waals surface area contributed by atoms with E-state index in [1.165, 1.54) is 4.90 Å². The van der Waals surface area contributed by atoms with E-state index in [9.17, 15) is 13.5 Å². The Morgan fingerprint density at radius 1 is 1.03 bits per heavy atom. The van der Waals surface area contributed by atoms with Crippen LogP contribution >= 0.6 is 0 Å². The molecular formula is C23H27N2O4S+. The molecular weight excluding hydrogens is 400 g/mol. The number of aromatic hydroxyl groups is 1. The van der Waals surface area contributed by atoms with Crippen molar-refractivity contribution in [3.63, 3.8) is 0 Å². The van der Waals surface area contributed by atoms with Crippen molar-refractivity contribution in [1.82, 2.24) is 4.31 Å². The number of benzene rings is 3. The summed E-state index contributed by atoms with van der Waals surface area (Å²) in [5.74, 6) is 1.01. The first-order valence-corrected chi connectivity index (χ1v) is 11.5. The number of sulfonamides is 1. The van der Waals surface area contributed by atoms with Gasteiger partial charge in [0.25, 0.3) is 0 Å². The molecule has 0 atom stereocenters. The Hall–Kier alpha value is -2.61. The van der Waals surface area contributed by atoms with Crippen LogP contribution in [0.25, 0.3) is 10.8 Å². The summed E-state index contributed by atoms with van der Waals surface area (Å²) in [6.45, 7) is 4.86. The molecule has 1 heterocycles. The molecule has 1 saturated heterocycles. The number of rotatable bonds is 5. The molecule has 0 radical (unpaired) electrons. The van der Waals surface area contributed by atoms with E-state index >= 15 is 0 Å². The van der Waals surface area contributed by atoms with Gasteiger partial charge in [-0.25, -0.2) is 8.42 Å². The van der Waals surface area contributed by atoms with Crippen LogP contribution in [-0.2, 0) is 16.6 Å². The van der Waals surface area contributed by atoms with E-state index in [2.05, 4.69) is 0 Å². The summed E-state index contributed by atoms with van der Waals surface area (Å²) in [7, 11) is -1.85. The number of fused-ring (bicyclic) bond motifs is 1. The Labute approximate surface area is 177 Å². The minimum absolute atomic E-state index is 0.262. The molecule has 2 N–H and O–H groups in total. The molecule has 0 aliphatic carbocycles.